The summed E-state index contributed by atoms with van der Waals surface area (Å²) in [6.07, 6.45) is 11.2. The van der Waals surface area contributed by atoms with Gasteiger partial charge in [-0.3, -0.25) is 0 Å². The second-order valence-corrected chi connectivity index (χ2v) is 5.83. The molecule has 0 heteroatoms. The Balaban J connectivity index is 1.67. The van der Waals surface area contributed by atoms with Crippen molar-refractivity contribution in [2.45, 2.75) is 44.9 Å². The molecule has 0 aromatic heterocycles. The normalized spacial score (nSPS) is 66.0. The third-order valence-electron chi connectivity index (χ3n) is 5.46. The molecular formula is C12H18. The van der Waals surface area contributed by atoms with Crippen molar-refractivity contribution in [1.29, 1.82) is 0 Å². The lowest BCUT2D eigenvalue weighted by atomic mass is 9.93. The van der Waals surface area contributed by atoms with Crippen LogP contribution >= 0.6 is 0 Å². The predicted octanol–water partition coefficient (Wildman–Crippen LogP) is 3.22. The zero-order valence-electron chi connectivity index (χ0n) is 7.76. The lowest BCUT2D eigenvalue weighted by Crippen LogP contribution is -2.02. The van der Waals surface area contributed by atoms with Crippen molar-refractivity contribution in [1.82, 2.24) is 0 Å². The zero-order chi connectivity index (χ0) is 7.76. The summed E-state index contributed by atoms with van der Waals surface area (Å²) in [5.74, 6) is 4.95. The molecule has 0 nitrogen and oxygen atoms in total. The molecule has 4 rings (SSSR count). The van der Waals surface area contributed by atoms with Gasteiger partial charge >= 0.3 is 0 Å². The molecule has 4 saturated carbocycles. The quantitative estimate of drug-likeness (QED) is 0.513. The minimum Gasteiger partial charge on any atom is -0.0533 e. The van der Waals surface area contributed by atoms with E-state index in [1.165, 1.54) is 23.7 Å². The van der Waals surface area contributed by atoms with Crippen molar-refractivity contribution in [3.8, 4) is 0 Å². The van der Waals surface area contributed by atoms with E-state index in [1.807, 2.05) is 0 Å². The second-order valence-electron chi connectivity index (χ2n) is 5.83. The Morgan fingerprint density at radius 3 is 3.08 bits per heavy atom. The highest BCUT2D eigenvalue weighted by Crippen LogP contribution is 2.82. The molecule has 66 valence electrons. The highest BCUT2D eigenvalue weighted by molar-refractivity contribution is 5.24. The van der Waals surface area contributed by atoms with Gasteiger partial charge < -0.3 is 0 Å². The number of fused-ring (bicyclic) bond motifs is 3. The average molecular weight is 162 g/mol. The highest BCUT2D eigenvalue weighted by atomic mass is 14.8. The van der Waals surface area contributed by atoms with Crippen LogP contribution in [0.25, 0.3) is 0 Å². The summed E-state index contributed by atoms with van der Waals surface area (Å²) >= 11 is 0. The summed E-state index contributed by atoms with van der Waals surface area (Å²) in [4.78, 5) is 0. The van der Waals surface area contributed by atoms with Crippen molar-refractivity contribution in [2.24, 2.45) is 29.1 Å². The van der Waals surface area contributed by atoms with Gasteiger partial charge in [-0.05, 0) is 54.8 Å². The van der Waals surface area contributed by atoms with Crippen LogP contribution in [0.1, 0.15) is 44.9 Å². The van der Waals surface area contributed by atoms with Gasteiger partial charge in [0.05, 0.1) is 0 Å². The van der Waals surface area contributed by atoms with Crippen LogP contribution in [0.2, 0.25) is 0 Å². The molecule has 0 bridgehead atoms. The summed E-state index contributed by atoms with van der Waals surface area (Å²) in [5.41, 5.74) is 0.962. The van der Waals surface area contributed by atoms with Crippen LogP contribution in [-0.2, 0) is 0 Å². The largest absolute Gasteiger partial charge is 0.0533 e. The fourth-order valence-corrected chi connectivity index (χ4v) is 4.97. The first-order valence-electron chi connectivity index (χ1n) is 5.92. The van der Waals surface area contributed by atoms with Gasteiger partial charge in [-0.2, -0.15) is 0 Å². The maximum Gasteiger partial charge on any atom is -0.0230 e. The van der Waals surface area contributed by atoms with Crippen molar-refractivity contribution in [3.05, 3.63) is 0 Å². The summed E-state index contributed by atoms with van der Waals surface area (Å²) in [5, 5.41) is 0. The maximum atomic E-state index is 1.66. The Morgan fingerprint density at radius 1 is 1.08 bits per heavy atom. The monoisotopic (exact) mass is 162 g/mol. The molecule has 0 aromatic rings. The molecule has 0 aromatic carbocycles. The molecule has 4 fully saturated rings. The molecule has 0 radical (unpaired) electrons. The summed E-state index contributed by atoms with van der Waals surface area (Å²) in [6, 6.07) is 0. The van der Waals surface area contributed by atoms with Gasteiger partial charge in [-0.25, -0.2) is 0 Å². The highest BCUT2D eigenvalue weighted by Gasteiger charge is 2.76. The Hall–Kier alpha value is 0. The first kappa shape index (κ1) is 6.45. The topological polar surface area (TPSA) is 0 Å². The van der Waals surface area contributed by atoms with Crippen LogP contribution < -0.4 is 0 Å². The summed E-state index contributed by atoms with van der Waals surface area (Å²) < 4.78 is 0. The van der Waals surface area contributed by atoms with E-state index in [1.54, 1.807) is 44.9 Å². The van der Waals surface area contributed by atoms with E-state index in [-0.39, 0.29) is 0 Å². The van der Waals surface area contributed by atoms with Crippen molar-refractivity contribution in [3.63, 3.8) is 0 Å². The third kappa shape index (κ3) is 0.561. The van der Waals surface area contributed by atoms with Crippen LogP contribution in [0.4, 0.5) is 0 Å². The van der Waals surface area contributed by atoms with Crippen LogP contribution in [0.3, 0.4) is 0 Å². The molecule has 5 unspecified atom stereocenters. The van der Waals surface area contributed by atoms with Crippen LogP contribution in [0, 0.1) is 29.1 Å². The molecule has 12 heavy (non-hydrogen) atoms. The molecule has 4 aliphatic rings. The van der Waals surface area contributed by atoms with Crippen molar-refractivity contribution < 1.29 is 0 Å². The fourth-order valence-electron chi connectivity index (χ4n) is 4.97. The molecule has 0 N–H and O–H groups in total. The molecule has 0 amide bonds. The number of hydrogen-bond acceptors (Lipinski definition) is 0. The average Bonchev–Trinajstić information content (AvgIpc) is 2.87. The van der Waals surface area contributed by atoms with E-state index < -0.39 is 0 Å². The van der Waals surface area contributed by atoms with Gasteiger partial charge in [0, 0.05) is 0 Å². The van der Waals surface area contributed by atoms with E-state index in [4.69, 9.17) is 0 Å². The molecule has 5 atom stereocenters. The molecule has 0 saturated heterocycles. The molecule has 1 spiro atoms. The molecule has 4 aliphatic carbocycles. The summed E-state index contributed by atoms with van der Waals surface area (Å²) in [7, 11) is 0. The van der Waals surface area contributed by atoms with Gasteiger partial charge in [-0.1, -0.05) is 19.3 Å². The minimum atomic E-state index is 0.962. The van der Waals surface area contributed by atoms with Gasteiger partial charge in [-0.15, -0.1) is 0 Å². The lowest BCUT2D eigenvalue weighted by Gasteiger charge is -2.12. The maximum absolute atomic E-state index is 1.66. The van der Waals surface area contributed by atoms with Gasteiger partial charge in [0.2, 0.25) is 0 Å². The smallest absolute Gasteiger partial charge is 0.0230 e. The van der Waals surface area contributed by atoms with E-state index in [0.717, 1.165) is 5.41 Å². The van der Waals surface area contributed by atoms with Crippen LogP contribution in [0.15, 0.2) is 0 Å². The van der Waals surface area contributed by atoms with Gasteiger partial charge in [0.15, 0.2) is 0 Å². The van der Waals surface area contributed by atoms with Gasteiger partial charge in [0.1, 0.15) is 0 Å². The third-order valence-corrected chi connectivity index (χ3v) is 5.46. The molecular weight excluding hydrogens is 144 g/mol. The Bertz CT molecular complexity index is 232. The first-order chi connectivity index (χ1) is 5.92. The van der Waals surface area contributed by atoms with Crippen LogP contribution in [-0.4, -0.2) is 0 Å². The Kier molecular flexibility index (Phi) is 0.946. The van der Waals surface area contributed by atoms with Crippen molar-refractivity contribution >= 4 is 0 Å². The molecule has 0 heterocycles. The number of hydrogen-bond donors (Lipinski definition) is 0. The van der Waals surface area contributed by atoms with Crippen molar-refractivity contribution in [2.75, 3.05) is 0 Å². The van der Waals surface area contributed by atoms with E-state index >= 15 is 0 Å². The zero-order valence-corrected chi connectivity index (χ0v) is 7.76. The van der Waals surface area contributed by atoms with Gasteiger partial charge in [0.25, 0.3) is 0 Å². The second kappa shape index (κ2) is 1.76. The minimum absolute atomic E-state index is 0.962. The molecule has 0 aliphatic heterocycles. The first-order valence-corrected chi connectivity index (χ1v) is 5.92. The number of rotatable bonds is 0. The predicted molar refractivity (Wildman–Crippen MR) is 48.7 cm³/mol. The fraction of sp³-hybridized carbons (Fsp3) is 1.00. The Morgan fingerprint density at radius 2 is 2.08 bits per heavy atom. The Labute approximate surface area is 74.7 Å². The van der Waals surface area contributed by atoms with Crippen LogP contribution in [0.5, 0.6) is 0 Å². The van der Waals surface area contributed by atoms with E-state index in [0.29, 0.717) is 0 Å². The standard InChI is InChI=1S/C12H18/c1-2-4-10-11-9-6-8(9)7-12(10,11)5-3-1/h8-11H,1-7H2. The van der Waals surface area contributed by atoms with E-state index in [9.17, 15) is 0 Å². The summed E-state index contributed by atoms with van der Waals surface area (Å²) in [6.45, 7) is 0. The SMILES string of the molecule is C1CCC2C3C4CC4CC23CC1. The lowest BCUT2D eigenvalue weighted by molar-refractivity contribution is 0.379. The van der Waals surface area contributed by atoms with E-state index in [2.05, 4.69) is 0 Å².